The summed E-state index contributed by atoms with van der Waals surface area (Å²) in [6, 6.07) is 5.23. The molecule has 1 fully saturated rings. The number of carbonyl (C=O) groups is 1. The van der Waals surface area contributed by atoms with Crippen LogP contribution in [0, 0.1) is 5.92 Å². The van der Waals surface area contributed by atoms with Crippen molar-refractivity contribution in [1.29, 1.82) is 0 Å². The molecule has 1 aromatic carbocycles. The van der Waals surface area contributed by atoms with E-state index in [4.69, 9.17) is 11.6 Å². The predicted octanol–water partition coefficient (Wildman–Crippen LogP) is 3.56. The first kappa shape index (κ1) is 15.8. The molecule has 2 rings (SSSR count). The highest BCUT2D eigenvalue weighted by atomic mass is 79.9. The van der Waals surface area contributed by atoms with E-state index in [0.717, 1.165) is 43.5 Å². The number of halogens is 2. The molecule has 0 saturated carbocycles. The Morgan fingerprint density at radius 1 is 1.45 bits per heavy atom. The first-order valence-electron chi connectivity index (χ1n) is 7.05. The predicted molar refractivity (Wildman–Crippen MR) is 86.3 cm³/mol. The van der Waals surface area contributed by atoms with Gasteiger partial charge in [0.15, 0.2) is 0 Å². The summed E-state index contributed by atoms with van der Waals surface area (Å²) in [6.45, 7) is 6.35. The van der Waals surface area contributed by atoms with Crippen LogP contribution in [0.15, 0.2) is 22.7 Å². The summed E-state index contributed by atoms with van der Waals surface area (Å²) in [7, 11) is 0. The van der Waals surface area contributed by atoms with E-state index in [9.17, 15) is 4.79 Å². The van der Waals surface area contributed by atoms with E-state index in [1.807, 2.05) is 0 Å². The highest BCUT2D eigenvalue weighted by Crippen LogP contribution is 2.22. The Morgan fingerprint density at radius 3 is 2.75 bits per heavy atom. The van der Waals surface area contributed by atoms with Gasteiger partial charge in [-0.3, -0.25) is 4.79 Å². The number of nitrogens with one attached hydrogen (secondary N) is 1. The van der Waals surface area contributed by atoms with E-state index in [0.29, 0.717) is 16.5 Å². The molecule has 5 heteroatoms. The molecule has 1 saturated heterocycles. The fraction of sp³-hybridized carbons (Fsp3) is 0.533. The van der Waals surface area contributed by atoms with Crippen LogP contribution in [0.2, 0.25) is 5.02 Å². The van der Waals surface area contributed by atoms with E-state index in [2.05, 4.69) is 33.1 Å². The lowest BCUT2D eigenvalue weighted by Crippen LogP contribution is -2.38. The summed E-state index contributed by atoms with van der Waals surface area (Å²) in [5.41, 5.74) is 0.639. The Balaban J connectivity index is 1.83. The van der Waals surface area contributed by atoms with Crippen LogP contribution >= 0.6 is 27.5 Å². The maximum atomic E-state index is 12.1. The van der Waals surface area contributed by atoms with Gasteiger partial charge in [0.25, 0.3) is 5.91 Å². The van der Waals surface area contributed by atoms with Crippen LogP contribution in [0.3, 0.4) is 0 Å². The van der Waals surface area contributed by atoms with Gasteiger partial charge >= 0.3 is 0 Å². The van der Waals surface area contributed by atoms with Crippen LogP contribution in [-0.4, -0.2) is 37.0 Å². The molecule has 0 bridgehead atoms. The second-order valence-electron chi connectivity index (χ2n) is 5.21. The van der Waals surface area contributed by atoms with Crippen LogP contribution in [0.1, 0.15) is 30.1 Å². The van der Waals surface area contributed by atoms with Crippen molar-refractivity contribution in [3.05, 3.63) is 33.3 Å². The van der Waals surface area contributed by atoms with Crippen LogP contribution in [0.4, 0.5) is 0 Å². The van der Waals surface area contributed by atoms with Gasteiger partial charge in [-0.2, -0.15) is 0 Å². The van der Waals surface area contributed by atoms with Crippen molar-refractivity contribution < 1.29 is 4.79 Å². The Hall–Kier alpha value is -0.580. The summed E-state index contributed by atoms with van der Waals surface area (Å²) in [4.78, 5) is 14.6. The molecule has 1 N–H and O–H groups in total. The number of carbonyl (C=O) groups excluding carboxylic acids is 1. The molecule has 1 aliphatic rings. The van der Waals surface area contributed by atoms with E-state index in [1.165, 1.54) is 0 Å². The van der Waals surface area contributed by atoms with Crippen LogP contribution in [0.5, 0.6) is 0 Å². The largest absolute Gasteiger partial charge is 0.352 e. The molecule has 1 amide bonds. The van der Waals surface area contributed by atoms with Gasteiger partial charge < -0.3 is 10.2 Å². The molecule has 0 spiro atoms. The Bertz CT molecular complexity index is 473. The third-order valence-corrected chi connectivity index (χ3v) is 4.77. The zero-order chi connectivity index (χ0) is 14.5. The number of piperidine rings is 1. The number of hydrogen-bond donors (Lipinski definition) is 1. The summed E-state index contributed by atoms with van der Waals surface area (Å²) in [6.07, 6.45) is 2.33. The van der Waals surface area contributed by atoms with Crippen molar-refractivity contribution in [3.63, 3.8) is 0 Å². The van der Waals surface area contributed by atoms with Gasteiger partial charge in [-0.05, 0) is 72.5 Å². The average molecular weight is 360 g/mol. The summed E-state index contributed by atoms with van der Waals surface area (Å²) in [5, 5.41) is 3.66. The minimum absolute atomic E-state index is 0.0357. The van der Waals surface area contributed by atoms with Gasteiger partial charge in [0.05, 0.1) is 5.56 Å². The van der Waals surface area contributed by atoms with Crippen LogP contribution in [0.25, 0.3) is 0 Å². The third-order valence-electron chi connectivity index (χ3n) is 3.88. The standard InChI is InChI=1S/C15H20BrClN2O/c1-2-19-7-5-11(6-8-19)10-18-15(20)13-4-3-12(17)9-14(13)16/h3-4,9,11H,2,5-8,10H2,1H3,(H,18,20). The fourth-order valence-electron chi connectivity index (χ4n) is 2.51. The SMILES string of the molecule is CCN1CCC(CNC(=O)c2ccc(Cl)cc2Br)CC1. The van der Waals surface area contributed by atoms with Gasteiger partial charge in [-0.15, -0.1) is 0 Å². The normalized spacial score (nSPS) is 17.1. The van der Waals surface area contributed by atoms with Gasteiger partial charge in [0, 0.05) is 16.0 Å². The van der Waals surface area contributed by atoms with Crippen molar-refractivity contribution in [2.24, 2.45) is 5.92 Å². The molecular formula is C15H20BrClN2O. The van der Waals surface area contributed by atoms with E-state index in [-0.39, 0.29) is 5.91 Å². The molecule has 0 aromatic heterocycles. The average Bonchev–Trinajstić information content (AvgIpc) is 2.45. The Labute approximate surface area is 133 Å². The van der Waals surface area contributed by atoms with E-state index in [1.54, 1.807) is 18.2 Å². The molecule has 1 aromatic rings. The fourth-order valence-corrected chi connectivity index (χ4v) is 3.38. The molecule has 1 aliphatic heterocycles. The molecule has 0 aliphatic carbocycles. The number of benzene rings is 1. The lowest BCUT2D eigenvalue weighted by molar-refractivity contribution is 0.0936. The minimum Gasteiger partial charge on any atom is -0.352 e. The van der Waals surface area contributed by atoms with Crippen molar-refractivity contribution >= 4 is 33.4 Å². The lowest BCUT2D eigenvalue weighted by Gasteiger charge is -2.31. The third kappa shape index (κ3) is 4.21. The van der Waals surface area contributed by atoms with Crippen LogP contribution in [-0.2, 0) is 0 Å². The highest BCUT2D eigenvalue weighted by molar-refractivity contribution is 9.10. The number of hydrogen-bond acceptors (Lipinski definition) is 2. The first-order chi connectivity index (χ1) is 9.60. The van der Waals surface area contributed by atoms with Crippen molar-refractivity contribution in [1.82, 2.24) is 10.2 Å². The first-order valence-corrected chi connectivity index (χ1v) is 8.23. The number of amides is 1. The topological polar surface area (TPSA) is 32.3 Å². The summed E-state index contributed by atoms with van der Waals surface area (Å²) < 4.78 is 0.739. The quantitative estimate of drug-likeness (QED) is 0.891. The molecule has 0 unspecified atom stereocenters. The number of nitrogens with zero attached hydrogens (tertiary/aromatic N) is 1. The second-order valence-corrected chi connectivity index (χ2v) is 6.50. The molecule has 20 heavy (non-hydrogen) atoms. The highest BCUT2D eigenvalue weighted by Gasteiger charge is 2.19. The number of rotatable bonds is 4. The van der Waals surface area contributed by atoms with Crippen molar-refractivity contribution in [3.8, 4) is 0 Å². The molecular weight excluding hydrogens is 340 g/mol. The minimum atomic E-state index is -0.0357. The number of likely N-dealkylation sites (tertiary alicyclic amines) is 1. The zero-order valence-electron chi connectivity index (χ0n) is 11.7. The molecule has 3 nitrogen and oxygen atoms in total. The second kappa shape index (κ2) is 7.43. The Kier molecular flexibility index (Phi) is 5.87. The van der Waals surface area contributed by atoms with E-state index < -0.39 is 0 Å². The lowest BCUT2D eigenvalue weighted by atomic mass is 9.97. The van der Waals surface area contributed by atoms with Gasteiger partial charge in [0.2, 0.25) is 0 Å². The van der Waals surface area contributed by atoms with Gasteiger partial charge in [-0.25, -0.2) is 0 Å². The summed E-state index contributed by atoms with van der Waals surface area (Å²) in [5.74, 6) is 0.555. The van der Waals surface area contributed by atoms with Crippen LogP contribution < -0.4 is 5.32 Å². The maximum Gasteiger partial charge on any atom is 0.252 e. The maximum absolute atomic E-state index is 12.1. The molecule has 110 valence electrons. The van der Waals surface area contributed by atoms with Gasteiger partial charge in [-0.1, -0.05) is 18.5 Å². The van der Waals surface area contributed by atoms with Gasteiger partial charge in [0.1, 0.15) is 0 Å². The molecule has 0 atom stereocenters. The molecule has 0 radical (unpaired) electrons. The van der Waals surface area contributed by atoms with Crippen molar-refractivity contribution in [2.75, 3.05) is 26.2 Å². The monoisotopic (exact) mass is 358 g/mol. The summed E-state index contributed by atoms with van der Waals surface area (Å²) >= 11 is 9.26. The molecule has 1 heterocycles. The van der Waals surface area contributed by atoms with Crippen molar-refractivity contribution in [2.45, 2.75) is 19.8 Å². The van der Waals surface area contributed by atoms with E-state index >= 15 is 0 Å². The Morgan fingerprint density at radius 2 is 2.15 bits per heavy atom. The zero-order valence-corrected chi connectivity index (χ0v) is 14.0. The smallest absolute Gasteiger partial charge is 0.252 e.